The minimum atomic E-state index is -0.258. The Balaban J connectivity index is 1.65. The maximum absolute atomic E-state index is 14.2. The lowest BCUT2D eigenvalue weighted by Crippen LogP contribution is -2.43. The molecule has 0 radical (unpaired) electrons. The van der Waals surface area contributed by atoms with Crippen LogP contribution < -0.4 is 15.5 Å². The van der Waals surface area contributed by atoms with Crippen molar-refractivity contribution in [3.63, 3.8) is 0 Å². The van der Waals surface area contributed by atoms with Gasteiger partial charge in [-0.05, 0) is 50.4 Å². The van der Waals surface area contributed by atoms with E-state index < -0.39 is 0 Å². The Morgan fingerprint density at radius 3 is 2.71 bits per heavy atom. The molecule has 5 heteroatoms. The van der Waals surface area contributed by atoms with Crippen LogP contribution in [0.25, 0.3) is 0 Å². The minimum Gasteiger partial charge on any atom is -0.369 e. The fourth-order valence-electron chi connectivity index (χ4n) is 3.10. The van der Waals surface area contributed by atoms with Gasteiger partial charge in [0.2, 0.25) is 5.91 Å². The highest BCUT2D eigenvalue weighted by Crippen LogP contribution is 2.26. The Labute approximate surface area is 124 Å². The molecule has 2 aliphatic rings. The van der Waals surface area contributed by atoms with Gasteiger partial charge in [-0.3, -0.25) is 4.79 Å². The first kappa shape index (κ1) is 14.3. The number of nitrogens with zero attached hydrogens (tertiary/aromatic N) is 1. The molecule has 2 heterocycles. The highest BCUT2D eigenvalue weighted by atomic mass is 19.1. The summed E-state index contributed by atoms with van der Waals surface area (Å²) in [6, 6.07) is 4.83. The van der Waals surface area contributed by atoms with Gasteiger partial charge in [-0.2, -0.15) is 0 Å². The molecular weight excluding hydrogens is 269 g/mol. The van der Waals surface area contributed by atoms with Crippen LogP contribution in [0.5, 0.6) is 0 Å². The van der Waals surface area contributed by atoms with E-state index in [-0.39, 0.29) is 17.8 Å². The quantitative estimate of drug-likeness (QED) is 0.899. The molecular formula is C16H22FN3O. The topological polar surface area (TPSA) is 44.4 Å². The largest absolute Gasteiger partial charge is 0.369 e. The average molecular weight is 291 g/mol. The third-order valence-corrected chi connectivity index (χ3v) is 4.29. The monoisotopic (exact) mass is 291 g/mol. The maximum atomic E-state index is 14.2. The van der Waals surface area contributed by atoms with Crippen LogP contribution in [-0.2, 0) is 4.79 Å². The molecule has 1 aromatic rings. The van der Waals surface area contributed by atoms with E-state index >= 15 is 0 Å². The van der Waals surface area contributed by atoms with E-state index in [0.29, 0.717) is 11.4 Å². The summed E-state index contributed by atoms with van der Waals surface area (Å²) in [7, 11) is 0. The smallest absolute Gasteiger partial charge is 0.241 e. The van der Waals surface area contributed by atoms with Crippen LogP contribution in [0.4, 0.5) is 15.8 Å². The lowest BCUT2D eigenvalue weighted by atomic mass is 10.0. The third kappa shape index (κ3) is 3.35. The Morgan fingerprint density at radius 1 is 1.24 bits per heavy atom. The van der Waals surface area contributed by atoms with E-state index in [2.05, 4.69) is 15.5 Å². The summed E-state index contributed by atoms with van der Waals surface area (Å²) in [6.45, 7) is 2.70. The van der Waals surface area contributed by atoms with Crippen LogP contribution in [0, 0.1) is 5.82 Å². The zero-order valence-electron chi connectivity index (χ0n) is 12.2. The molecule has 3 rings (SSSR count). The summed E-state index contributed by atoms with van der Waals surface area (Å²) < 4.78 is 14.2. The minimum absolute atomic E-state index is 0.0666. The lowest BCUT2D eigenvalue weighted by molar-refractivity contribution is -0.118. The standard InChI is InChI=1S/C16H22FN3O/c17-13-11-12(6-7-15(13)20-9-3-4-10-20)19-16(21)14-5-1-2-8-18-14/h6-7,11,14,18H,1-5,8-10H2,(H,19,21)/t14-/m0/s1. The lowest BCUT2D eigenvalue weighted by Gasteiger charge is -2.23. The van der Waals surface area contributed by atoms with E-state index in [1.807, 2.05) is 0 Å². The van der Waals surface area contributed by atoms with Crippen LogP contribution in [0.1, 0.15) is 32.1 Å². The van der Waals surface area contributed by atoms with Gasteiger partial charge in [0.1, 0.15) is 5.82 Å². The van der Waals surface area contributed by atoms with Crippen molar-refractivity contribution in [2.45, 2.75) is 38.1 Å². The summed E-state index contributed by atoms with van der Waals surface area (Å²) in [5.74, 6) is -0.325. The summed E-state index contributed by atoms with van der Waals surface area (Å²) in [5, 5.41) is 6.01. The predicted octanol–water partition coefficient (Wildman–Crippen LogP) is 2.51. The van der Waals surface area contributed by atoms with Crippen molar-refractivity contribution in [3.05, 3.63) is 24.0 Å². The van der Waals surface area contributed by atoms with Gasteiger partial charge in [0, 0.05) is 18.8 Å². The molecule has 2 saturated heterocycles. The summed E-state index contributed by atoms with van der Waals surface area (Å²) in [6.07, 6.45) is 5.26. The summed E-state index contributed by atoms with van der Waals surface area (Å²) >= 11 is 0. The maximum Gasteiger partial charge on any atom is 0.241 e. The molecule has 0 saturated carbocycles. The highest BCUT2D eigenvalue weighted by Gasteiger charge is 2.21. The first-order chi connectivity index (χ1) is 10.2. The van der Waals surface area contributed by atoms with Crippen LogP contribution in [0.2, 0.25) is 0 Å². The first-order valence-electron chi connectivity index (χ1n) is 7.83. The van der Waals surface area contributed by atoms with Crippen LogP contribution >= 0.6 is 0 Å². The Morgan fingerprint density at radius 2 is 2.05 bits per heavy atom. The van der Waals surface area contributed by atoms with E-state index in [0.717, 1.165) is 51.7 Å². The Bertz CT molecular complexity index is 508. The van der Waals surface area contributed by atoms with Crippen molar-refractivity contribution in [2.24, 2.45) is 0 Å². The van der Waals surface area contributed by atoms with Gasteiger partial charge in [0.05, 0.1) is 11.7 Å². The van der Waals surface area contributed by atoms with Crippen molar-refractivity contribution >= 4 is 17.3 Å². The molecule has 1 amide bonds. The second kappa shape index (κ2) is 6.43. The molecule has 2 N–H and O–H groups in total. The third-order valence-electron chi connectivity index (χ3n) is 4.29. The Kier molecular flexibility index (Phi) is 4.39. The summed E-state index contributed by atoms with van der Waals surface area (Å²) in [5.41, 5.74) is 1.18. The summed E-state index contributed by atoms with van der Waals surface area (Å²) in [4.78, 5) is 14.2. The fourth-order valence-corrected chi connectivity index (χ4v) is 3.10. The SMILES string of the molecule is O=C(Nc1ccc(N2CCCC2)c(F)c1)[C@@H]1CCCCN1. The number of carbonyl (C=O) groups excluding carboxylic acids is 1. The predicted molar refractivity (Wildman–Crippen MR) is 82.1 cm³/mol. The molecule has 0 bridgehead atoms. The highest BCUT2D eigenvalue weighted by molar-refractivity contribution is 5.95. The molecule has 2 aliphatic heterocycles. The number of hydrogen-bond donors (Lipinski definition) is 2. The van der Waals surface area contributed by atoms with Gasteiger partial charge in [-0.15, -0.1) is 0 Å². The van der Waals surface area contributed by atoms with E-state index in [1.165, 1.54) is 6.07 Å². The van der Waals surface area contributed by atoms with Crippen molar-refractivity contribution in [3.8, 4) is 0 Å². The number of halogens is 1. The van der Waals surface area contributed by atoms with Crippen molar-refractivity contribution in [2.75, 3.05) is 29.9 Å². The number of piperidine rings is 1. The fraction of sp³-hybridized carbons (Fsp3) is 0.562. The van der Waals surface area contributed by atoms with Gasteiger partial charge in [0.25, 0.3) is 0 Å². The van der Waals surface area contributed by atoms with Crippen LogP contribution in [0.3, 0.4) is 0 Å². The zero-order chi connectivity index (χ0) is 14.7. The zero-order valence-corrected chi connectivity index (χ0v) is 12.2. The molecule has 0 aromatic heterocycles. The van der Waals surface area contributed by atoms with Gasteiger partial charge in [-0.1, -0.05) is 6.42 Å². The average Bonchev–Trinajstić information content (AvgIpc) is 3.02. The van der Waals surface area contributed by atoms with Gasteiger partial charge in [0.15, 0.2) is 0 Å². The number of nitrogens with one attached hydrogen (secondary N) is 2. The second-order valence-electron chi connectivity index (χ2n) is 5.85. The van der Waals surface area contributed by atoms with Gasteiger partial charge < -0.3 is 15.5 Å². The Hall–Kier alpha value is -1.62. The molecule has 21 heavy (non-hydrogen) atoms. The molecule has 1 atom stereocenters. The number of rotatable bonds is 3. The number of anilines is 2. The van der Waals surface area contributed by atoms with Crippen molar-refractivity contribution < 1.29 is 9.18 Å². The molecule has 2 fully saturated rings. The van der Waals surface area contributed by atoms with Crippen molar-refractivity contribution in [1.82, 2.24) is 5.32 Å². The number of carbonyl (C=O) groups is 1. The molecule has 0 aliphatic carbocycles. The number of amides is 1. The van der Waals surface area contributed by atoms with Crippen molar-refractivity contribution in [1.29, 1.82) is 0 Å². The number of hydrogen-bond acceptors (Lipinski definition) is 3. The molecule has 0 unspecified atom stereocenters. The van der Waals surface area contributed by atoms with Crippen LogP contribution in [-0.4, -0.2) is 31.6 Å². The van der Waals surface area contributed by atoms with E-state index in [4.69, 9.17) is 0 Å². The van der Waals surface area contributed by atoms with Crippen LogP contribution in [0.15, 0.2) is 18.2 Å². The first-order valence-corrected chi connectivity index (χ1v) is 7.83. The molecule has 4 nitrogen and oxygen atoms in total. The molecule has 1 aromatic carbocycles. The molecule has 114 valence electrons. The van der Waals surface area contributed by atoms with Gasteiger partial charge >= 0.3 is 0 Å². The molecule has 0 spiro atoms. The normalized spacial score (nSPS) is 22.3. The second-order valence-corrected chi connectivity index (χ2v) is 5.85. The van der Waals surface area contributed by atoms with Gasteiger partial charge in [-0.25, -0.2) is 4.39 Å². The van der Waals surface area contributed by atoms with E-state index in [1.54, 1.807) is 12.1 Å². The number of benzene rings is 1. The van der Waals surface area contributed by atoms with E-state index in [9.17, 15) is 9.18 Å².